The lowest BCUT2D eigenvalue weighted by molar-refractivity contribution is -0.124. The summed E-state index contributed by atoms with van der Waals surface area (Å²) in [7, 11) is 3.45. The highest BCUT2D eigenvalue weighted by atomic mass is 35.5. The van der Waals surface area contributed by atoms with Gasteiger partial charge in [0.05, 0.1) is 6.61 Å². The zero-order valence-corrected chi connectivity index (χ0v) is 13.7. The lowest BCUT2D eigenvalue weighted by Gasteiger charge is -2.18. The van der Waals surface area contributed by atoms with Crippen molar-refractivity contribution in [2.75, 3.05) is 27.4 Å². The fourth-order valence-corrected chi connectivity index (χ4v) is 2.08. The standard InChI is InChI=1S/C15H23ClN2O3/c1-10(8-20-4)18-15(19)9-21-14-6-5-12(16)7-13(14)11(2)17-3/h5-7,10-11,17H,8-9H2,1-4H3,(H,18,19). The van der Waals surface area contributed by atoms with Crippen LogP contribution in [-0.4, -0.2) is 39.3 Å². The van der Waals surface area contributed by atoms with Crippen LogP contribution in [0, 0.1) is 0 Å². The molecule has 0 heterocycles. The van der Waals surface area contributed by atoms with Gasteiger partial charge in [-0.2, -0.15) is 0 Å². The van der Waals surface area contributed by atoms with Crippen molar-refractivity contribution < 1.29 is 14.3 Å². The highest BCUT2D eigenvalue weighted by Crippen LogP contribution is 2.28. The normalized spacial score (nSPS) is 13.6. The summed E-state index contributed by atoms with van der Waals surface area (Å²) in [6, 6.07) is 5.39. The molecule has 0 aliphatic carbocycles. The second-order valence-electron chi connectivity index (χ2n) is 4.91. The Bertz CT molecular complexity index is 468. The topological polar surface area (TPSA) is 59.6 Å². The van der Waals surface area contributed by atoms with Crippen LogP contribution in [0.3, 0.4) is 0 Å². The van der Waals surface area contributed by atoms with Crippen LogP contribution in [0.2, 0.25) is 5.02 Å². The maximum Gasteiger partial charge on any atom is 0.258 e. The van der Waals surface area contributed by atoms with Gasteiger partial charge in [0.2, 0.25) is 0 Å². The highest BCUT2D eigenvalue weighted by molar-refractivity contribution is 6.30. The van der Waals surface area contributed by atoms with Gasteiger partial charge in [0.1, 0.15) is 5.75 Å². The Morgan fingerprint density at radius 1 is 1.38 bits per heavy atom. The Hall–Kier alpha value is -1.30. The van der Waals surface area contributed by atoms with Crippen molar-refractivity contribution in [1.82, 2.24) is 10.6 Å². The van der Waals surface area contributed by atoms with E-state index in [0.717, 1.165) is 5.56 Å². The predicted octanol–water partition coefficient (Wildman–Crippen LogP) is 2.15. The first-order valence-electron chi connectivity index (χ1n) is 6.85. The summed E-state index contributed by atoms with van der Waals surface area (Å²) >= 11 is 6.01. The number of amides is 1. The Kier molecular flexibility index (Phi) is 7.50. The largest absolute Gasteiger partial charge is 0.483 e. The number of ether oxygens (including phenoxy) is 2. The van der Waals surface area contributed by atoms with E-state index in [9.17, 15) is 4.79 Å². The lowest BCUT2D eigenvalue weighted by Crippen LogP contribution is -2.38. The first-order chi connectivity index (χ1) is 9.97. The third kappa shape index (κ3) is 5.91. The molecule has 1 rings (SSSR count). The third-order valence-corrected chi connectivity index (χ3v) is 3.29. The number of hydrogen-bond acceptors (Lipinski definition) is 4. The van der Waals surface area contributed by atoms with E-state index in [-0.39, 0.29) is 24.6 Å². The molecule has 0 aliphatic rings. The van der Waals surface area contributed by atoms with E-state index >= 15 is 0 Å². The van der Waals surface area contributed by atoms with Crippen molar-refractivity contribution in [1.29, 1.82) is 0 Å². The number of nitrogens with one attached hydrogen (secondary N) is 2. The van der Waals surface area contributed by atoms with Gasteiger partial charge in [-0.05, 0) is 39.1 Å². The molecule has 0 bridgehead atoms. The second kappa shape index (κ2) is 8.87. The average Bonchev–Trinajstić information content (AvgIpc) is 2.45. The van der Waals surface area contributed by atoms with E-state index in [1.807, 2.05) is 27.0 Å². The number of benzene rings is 1. The van der Waals surface area contributed by atoms with Crippen molar-refractivity contribution in [3.63, 3.8) is 0 Å². The molecule has 6 heteroatoms. The number of rotatable bonds is 8. The van der Waals surface area contributed by atoms with E-state index < -0.39 is 0 Å². The molecule has 1 aromatic carbocycles. The SMILES string of the molecule is CNC(C)c1cc(Cl)ccc1OCC(=O)NC(C)COC. The zero-order valence-electron chi connectivity index (χ0n) is 12.9. The quantitative estimate of drug-likeness (QED) is 0.772. The minimum atomic E-state index is -0.183. The average molecular weight is 315 g/mol. The van der Waals surface area contributed by atoms with Crippen molar-refractivity contribution in [2.24, 2.45) is 0 Å². The summed E-state index contributed by atoms with van der Waals surface area (Å²) in [6.07, 6.45) is 0. The summed E-state index contributed by atoms with van der Waals surface area (Å²) in [5.41, 5.74) is 0.919. The van der Waals surface area contributed by atoms with E-state index in [1.54, 1.807) is 19.2 Å². The van der Waals surface area contributed by atoms with Crippen LogP contribution in [0.25, 0.3) is 0 Å². The summed E-state index contributed by atoms with van der Waals surface area (Å²) in [5, 5.41) is 6.56. The van der Waals surface area contributed by atoms with Crippen LogP contribution in [0.5, 0.6) is 5.75 Å². The smallest absolute Gasteiger partial charge is 0.258 e. The molecule has 21 heavy (non-hydrogen) atoms. The number of carbonyl (C=O) groups excluding carboxylic acids is 1. The third-order valence-electron chi connectivity index (χ3n) is 3.05. The van der Waals surface area contributed by atoms with E-state index in [1.165, 1.54) is 0 Å². The number of hydrogen-bond donors (Lipinski definition) is 2. The molecule has 0 aliphatic heterocycles. The van der Waals surface area contributed by atoms with Crippen LogP contribution in [0.4, 0.5) is 0 Å². The summed E-state index contributed by atoms with van der Waals surface area (Å²) in [6.45, 7) is 4.30. The molecule has 1 aromatic rings. The minimum absolute atomic E-state index is 0.0425. The Balaban J connectivity index is 2.64. The van der Waals surface area contributed by atoms with Crippen LogP contribution in [0.1, 0.15) is 25.5 Å². The van der Waals surface area contributed by atoms with Gasteiger partial charge in [-0.25, -0.2) is 0 Å². The molecule has 1 amide bonds. The summed E-state index contributed by atoms with van der Waals surface area (Å²) in [5.74, 6) is 0.466. The van der Waals surface area contributed by atoms with Gasteiger partial charge < -0.3 is 20.1 Å². The second-order valence-corrected chi connectivity index (χ2v) is 5.34. The molecule has 0 spiro atoms. The maximum absolute atomic E-state index is 11.8. The molecule has 5 nitrogen and oxygen atoms in total. The fourth-order valence-electron chi connectivity index (χ4n) is 1.90. The van der Waals surface area contributed by atoms with Crippen molar-refractivity contribution >= 4 is 17.5 Å². The summed E-state index contributed by atoms with van der Waals surface area (Å²) in [4.78, 5) is 11.8. The molecule has 0 fully saturated rings. The fraction of sp³-hybridized carbons (Fsp3) is 0.533. The van der Waals surface area contributed by atoms with Gasteiger partial charge >= 0.3 is 0 Å². The highest BCUT2D eigenvalue weighted by Gasteiger charge is 2.13. The van der Waals surface area contributed by atoms with Crippen molar-refractivity contribution in [3.05, 3.63) is 28.8 Å². The first kappa shape index (κ1) is 17.8. The Labute approximate surface area is 131 Å². The molecule has 2 N–H and O–H groups in total. The number of methoxy groups -OCH3 is 1. The van der Waals surface area contributed by atoms with Gasteiger partial charge in [-0.1, -0.05) is 11.6 Å². The van der Waals surface area contributed by atoms with Gasteiger partial charge in [0.15, 0.2) is 6.61 Å². The monoisotopic (exact) mass is 314 g/mol. The van der Waals surface area contributed by atoms with Crippen LogP contribution >= 0.6 is 11.6 Å². The number of halogens is 1. The lowest BCUT2D eigenvalue weighted by atomic mass is 10.1. The molecule has 2 atom stereocenters. The molecule has 2 unspecified atom stereocenters. The van der Waals surface area contributed by atoms with Gasteiger partial charge in [0.25, 0.3) is 5.91 Å². The van der Waals surface area contributed by atoms with E-state index in [2.05, 4.69) is 10.6 Å². The van der Waals surface area contributed by atoms with Crippen LogP contribution in [-0.2, 0) is 9.53 Å². The van der Waals surface area contributed by atoms with Gasteiger partial charge in [0, 0.05) is 29.8 Å². The molecule has 0 saturated heterocycles. The Morgan fingerprint density at radius 2 is 2.10 bits per heavy atom. The predicted molar refractivity (Wildman–Crippen MR) is 83.9 cm³/mol. The van der Waals surface area contributed by atoms with Crippen LogP contribution in [0.15, 0.2) is 18.2 Å². The van der Waals surface area contributed by atoms with E-state index in [4.69, 9.17) is 21.1 Å². The molecule has 0 radical (unpaired) electrons. The maximum atomic E-state index is 11.8. The molecule has 0 aromatic heterocycles. The molecule has 0 saturated carbocycles. The number of carbonyl (C=O) groups is 1. The van der Waals surface area contributed by atoms with Crippen molar-refractivity contribution in [2.45, 2.75) is 25.9 Å². The minimum Gasteiger partial charge on any atom is -0.483 e. The van der Waals surface area contributed by atoms with Gasteiger partial charge in [-0.15, -0.1) is 0 Å². The zero-order chi connectivity index (χ0) is 15.8. The van der Waals surface area contributed by atoms with Gasteiger partial charge in [-0.3, -0.25) is 4.79 Å². The van der Waals surface area contributed by atoms with Crippen LogP contribution < -0.4 is 15.4 Å². The molecule has 118 valence electrons. The molecular weight excluding hydrogens is 292 g/mol. The summed E-state index contributed by atoms with van der Waals surface area (Å²) < 4.78 is 10.6. The van der Waals surface area contributed by atoms with E-state index in [0.29, 0.717) is 17.4 Å². The molecular formula is C15H23ClN2O3. The Morgan fingerprint density at radius 3 is 2.71 bits per heavy atom. The van der Waals surface area contributed by atoms with Crippen molar-refractivity contribution in [3.8, 4) is 5.75 Å². The first-order valence-corrected chi connectivity index (χ1v) is 7.23.